The van der Waals surface area contributed by atoms with E-state index >= 15 is 0 Å². The Kier molecular flexibility index (Phi) is 2.97. The molecule has 1 aromatic heterocycles. The number of carbonyl (C=O) groups is 1. The van der Waals surface area contributed by atoms with Crippen LogP contribution in [0.2, 0.25) is 0 Å². The van der Waals surface area contributed by atoms with E-state index in [0.717, 1.165) is 17.3 Å². The smallest absolute Gasteiger partial charge is 0.352 e. The molecule has 0 bridgehead atoms. The minimum atomic E-state index is -1.11. The highest BCUT2D eigenvalue weighted by molar-refractivity contribution is 5.86. The van der Waals surface area contributed by atoms with Gasteiger partial charge < -0.3 is 5.11 Å². The Morgan fingerprint density at radius 1 is 1.33 bits per heavy atom. The molecule has 2 rings (SSSR count). The third-order valence-electron chi connectivity index (χ3n) is 2.65. The summed E-state index contributed by atoms with van der Waals surface area (Å²) in [6.07, 6.45) is 2.35. The second-order valence-corrected chi connectivity index (χ2v) is 4.09. The van der Waals surface area contributed by atoms with Gasteiger partial charge in [0.25, 0.3) is 0 Å². The van der Waals surface area contributed by atoms with Gasteiger partial charge in [0.15, 0.2) is 0 Å². The van der Waals surface area contributed by atoms with E-state index in [-0.39, 0.29) is 5.56 Å². The average molecular weight is 244 g/mol. The third-order valence-corrected chi connectivity index (χ3v) is 2.65. The Balaban J connectivity index is 2.66. The quantitative estimate of drug-likeness (QED) is 0.869. The molecular formula is C13H12N2O3. The number of aromatic nitrogens is 2. The first-order chi connectivity index (χ1) is 8.49. The van der Waals surface area contributed by atoms with Gasteiger partial charge >= 0.3 is 11.7 Å². The number of aryl methyl sites for hydroxylation is 2. The molecule has 0 atom stereocenters. The second-order valence-electron chi connectivity index (χ2n) is 4.09. The van der Waals surface area contributed by atoms with Crippen molar-refractivity contribution in [2.75, 3.05) is 0 Å². The van der Waals surface area contributed by atoms with Crippen LogP contribution in [0.3, 0.4) is 0 Å². The number of hydrogen-bond acceptors (Lipinski definition) is 3. The van der Waals surface area contributed by atoms with Gasteiger partial charge in [-0.15, -0.1) is 0 Å². The highest BCUT2D eigenvalue weighted by Crippen LogP contribution is 2.14. The first-order valence-electron chi connectivity index (χ1n) is 5.38. The van der Waals surface area contributed by atoms with E-state index in [9.17, 15) is 9.59 Å². The van der Waals surface area contributed by atoms with E-state index in [1.54, 1.807) is 6.07 Å². The molecule has 0 amide bonds. The fourth-order valence-corrected chi connectivity index (χ4v) is 1.77. The van der Waals surface area contributed by atoms with Gasteiger partial charge in [-0.3, -0.25) is 4.57 Å². The van der Waals surface area contributed by atoms with Gasteiger partial charge in [0, 0.05) is 12.4 Å². The van der Waals surface area contributed by atoms with Crippen molar-refractivity contribution in [3.05, 3.63) is 57.8 Å². The molecule has 0 unspecified atom stereocenters. The molecule has 1 N–H and O–H groups in total. The number of hydrogen-bond donors (Lipinski definition) is 1. The van der Waals surface area contributed by atoms with Crippen molar-refractivity contribution >= 4 is 5.97 Å². The number of rotatable bonds is 2. The lowest BCUT2D eigenvalue weighted by atomic mass is 10.1. The van der Waals surface area contributed by atoms with E-state index in [1.165, 1.54) is 10.8 Å². The lowest BCUT2D eigenvalue weighted by Crippen LogP contribution is -2.22. The van der Waals surface area contributed by atoms with Crippen LogP contribution < -0.4 is 5.69 Å². The Bertz CT molecular complexity index is 674. The van der Waals surface area contributed by atoms with Gasteiger partial charge in [-0.05, 0) is 25.5 Å². The Morgan fingerprint density at radius 2 is 2.06 bits per heavy atom. The number of aromatic carboxylic acids is 1. The highest BCUT2D eigenvalue weighted by atomic mass is 16.4. The minimum Gasteiger partial charge on any atom is -0.478 e. The summed E-state index contributed by atoms with van der Waals surface area (Å²) >= 11 is 0. The molecule has 0 fully saturated rings. The maximum Gasteiger partial charge on any atom is 0.352 e. The maximum atomic E-state index is 11.7. The topological polar surface area (TPSA) is 72.2 Å². The van der Waals surface area contributed by atoms with Crippen molar-refractivity contribution < 1.29 is 9.90 Å². The number of benzene rings is 1. The number of carboxylic acids is 1. The third kappa shape index (κ3) is 2.15. The zero-order valence-corrected chi connectivity index (χ0v) is 10.0. The Labute approximate surface area is 103 Å². The largest absolute Gasteiger partial charge is 0.478 e. The monoisotopic (exact) mass is 244 g/mol. The number of nitrogens with zero attached hydrogens (tertiary/aromatic N) is 2. The van der Waals surface area contributed by atoms with E-state index in [2.05, 4.69) is 4.98 Å². The molecule has 5 heteroatoms. The van der Waals surface area contributed by atoms with Crippen LogP contribution in [0.4, 0.5) is 0 Å². The molecule has 0 spiro atoms. The molecule has 0 saturated carbocycles. The fourth-order valence-electron chi connectivity index (χ4n) is 1.77. The van der Waals surface area contributed by atoms with Crippen LogP contribution in [-0.2, 0) is 0 Å². The average Bonchev–Trinajstić information content (AvgIpc) is 2.30. The summed E-state index contributed by atoms with van der Waals surface area (Å²) in [5.74, 6) is -1.11. The molecular weight excluding hydrogens is 232 g/mol. The van der Waals surface area contributed by atoms with Gasteiger partial charge in [-0.25, -0.2) is 14.6 Å². The SMILES string of the molecule is Cc1ccc(-n2cc(C(=O)O)cnc2=O)c(C)c1. The first-order valence-corrected chi connectivity index (χ1v) is 5.38. The van der Waals surface area contributed by atoms with Crippen LogP contribution in [0.1, 0.15) is 21.5 Å². The fraction of sp³-hybridized carbons (Fsp3) is 0.154. The minimum absolute atomic E-state index is 0.0189. The summed E-state index contributed by atoms with van der Waals surface area (Å²) in [6, 6.07) is 5.57. The van der Waals surface area contributed by atoms with Crippen LogP contribution in [0.25, 0.3) is 5.69 Å². The summed E-state index contributed by atoms with van der Waals surface area (Å²) in [5.41, 5.74) is 2.09. The zero-order valence-electron chi connectivity index (χ0n) is 10.0. The summed E-state index contributed by atoms with van der Waals surface area (Å²) in [5, 5.41) is 8.91. The second kappa shape index (κ2) is 4.44. The van der Waals surface area contributed by atoms with E-state index in [4.69, 9.17) is 5.11 Å². The summed E-state index contributed by atoms with van der Waals surface area (Å²) in [7, 11) is 0. The molecule has 18 heavy (non-hydrogen) atoms. The summed E-state index contributed by atoms with van der Waals surface area (Å²) in [6.45, 7) is 3.81. The zero-order chi connectivity index (χ0) is 13.3. The van der Waals surface area contributed by atoms with Crippen molar-refractivity contribution in [1.29, 1.82) is 0 Å². The van der Waals surface area contributed by atoms with E-state index in [1.807, 2.05) is 26.0 Å². The van der Waals surface area contributed by atoms with Crippen molar-refractivity contribution in [2.24, 2.45) is 0 Å². The highest BCUT2D eigenvalue weighted by Gasteiger charge is 2.09. The molecule has 0 radical (unpaired) electrons. The standard InChI is InChI=1S/C13H12N2O3/c1-8-3-4-11(9(2)5-8)15-7-10(12(16)17)6-14-13(15)18/h3-7H,1-2H3,(H,16,17). The maximum absolute atomic E-state index is 11.7. The van der Waals surface area contributed by atoms with Crippen LogP contribution in [0.15, 0.2) is 35.4 Å². The van der Waals surface area contributed by atoms with Gasteiger partial charge in [0.1, 0.15) is 0 Å². The van der Waals surface area contributed by atoms with E-state index < -0.39 is 11.7 Å². The predicted octanol–water partition coefficient (Wildman–Crippen LogP) is 1.55. The molecule has 0 aliphatic heterocycles. The molecule has 0 saturated heterocycles. The first kappa shape index (κ1) is 12.0. The van der Waals surface area contributed by atoms with Crippen LogP contribution in [0, 0.1) is 13.8 Å². The molecule has 0 aliphatic carbocycles. The number of carboxylic acid groups (broad SMARTS) is 1. The summed E-state index contributed by atoms with van der Waals surface area (Å²) in [4.78, 5) is 26.1. The van der Waals surface area contributed by atoms with Crippen molar-refractivity contribution in [1.82, 2.24) is 9.55 Å². The Morgan fingerprint density at radius 3 is 2.67 bits per heavy atom. The normalized spacial score (nSPS) is 10.3. The van der Waals surface area contributed by atoms with Gasteiger partial charge in [-0.1, -0.05) is 17.7 Å². The molecule has 5 nitrogen and oxygen atoms in total. The molecule has 0 aliphatic rings. The van der Waals surface area contributed by atoms with Gasteiger partial charge in [0.05, 0.1) is 11.3 Å². The van der Waals surface area contributed by atoms with Crippen molar-refractivity contribution in [3.8, 4) is 5.69 Å². The molecule has 92 valence electrons. The van der Waals surface area contributed by atoms with Crippen molar-refractivity contribution in [3.63, 3.8) is 0 Å². The van der Waals surface area contributed by atoms with Gasteiger partial charge in [0.2, 0.25) is 0 Å². The lowest BCUT2D eigenvalue weighted by Gasteiger charge is -2.09. The van der Waals surface area contributed by atoms with E-state index in [0.29, 0.717) is 5.69 Å². The van der Waals surface area contributed by atoms with Crippen LogP contribution in [-0.4, -0.2) is 20.6 Å². The van der Waals surface area contributed by atoms with Gasteiger partial charge in [-0.2, -0.15) is 0 Å². The molecule has 2 aromatic rings. The lowest BCUT2D eigenvalue weighted by molar-refractivity contribution is 0.0695. The van der Waals surface area contributed by atoms with Crippen molar-refractivity contribution in [2.45, 2.75) is 13.8 Å². The molecule has 1 heterocycles. The Hall–Kier alpha value is -2.43. The van der Waals surface area contributed by atoms with Crippen LogP contribution >= 0.6 is 0 Å². The molecule has 1 aromatic carbocycles. The predicted molar refractivity (Wildman–Crippen MR) is 66.3 cm³/mol. The van der Waals surface area contributed by atoms with Crippen LogP contribution in [0.5, 0.6) is 0 Å². The summed E-state index contributed by atoms with van der Waals surface area (Å²) < 4.78 is 1.25.